The Labute approximate surface area is 114 Å². The molecule has 6 nitrogen and oxygen atoms in total. The third-order valence-electron chi connectivity index (χ3n) is 3.14. The van der Waals surface area contributed by atoms with Gasteiger partial charge in [0, 0.05) is 13.1 Å². The zero-order valence-electron chi connectivity index (χ0n) is 10.7. The number of amides is 2. The van der Waals surface area contributed by atoms with Gasteiger partial charge in [-0.05, 0) is 31.0 Å². The number of aliphatic hydroxyl groups is 1. The number of rotatable bonds is 2. The quantitative estimate of drug-likeness (QED) is 0.767. The number of carboxylic acid groups (broad SMARTS) is 1. The number of hydrogen-bond acceptors (Lipinski definition) is 3. The van der Waals surface area contributed by atoms with Crippen LogP contribution in [0.15, 0.2) is 18.2 Å². The van der Waals surface area contributed by atoms with Crippen molar-refractivity contribution < 1.29 is 24.2 Å². The monoisotopic (exact) mass is 282 g/mol. The van der Waals surface area contributed by atoms with Gasteiger partial charge in [0.1, 0.15) is 5.82 Å². The number of likely N-dealkylation sites (tertiary alicyclic amines) is 1. The number of urea groups is 1. The first-order valence-electron chi connectivity index (χ1n) is 6.24. The first-order valence-corrected chi connectivity index (χ1v) is 6.24. The highest BCUT2D eigenvalue weighted by Crippen LogP contribution is 2.19. The molecule has 20 heavy (non-hydrogen) atoms. The number of carbonyl (C=O) groups is 2. The van der Waals surface area contributed by atoms with Gasteiger partial charge in [-0.15, -0.1) is 0 Å². The molecule has 0 aromatic heterocycles. The molecule has 2 rings (SSSR count). The minimum Gasteiger partial charge on any atom is -0.478 e. The molecular weight excluding hydrogens is 267 g/mol. The van der Waals surface area contributed by atoms with Gasteiger partial charge in [-0.2, -0.15) is 0 Å². The zero-order chi connectivity index (χ0) is 14.7. The molecule has 1 atom stereocenters. The number of halogens is 1. The van der Waals surface area contributed by atoms with Crippen molar-refractivity contribution in [1.29, 1.82) is 0 Å². The third kappa shape index (κ3) is 3.24. The summed E-state index contributed by atoms with van der Waals surface area (Å²) >= 11 is 0. The number of piperidine rings is 1. The minimum atomic E-state index is -1.25. The molecule has 0 aliphatic carbocycles. The van der Waals surface area contributed by atoms with Crippen molar-refractivity contribution in [3.8, 4) is 0 Å². The summed E-state index contributed by atoms with van der Waals surface area (Å²) in [7, 11) is 0. The van der Waals surface area contributed by atoms with Crippen LogP contribution in [-0.2, 0) is 0 Å². The Morgan fingerprint density at radius 2 is 2.15 bits per heavy atom. The van der Waals surface area contributed by atoms with E-state index in [-0.39, 0.29) is 17.8 Å². The first-order chi connectivity index (χ1) is 9.47. The standard InChI is InChI=1S/C13H15FN2O4/c14-8-3-4-10(12(18)19)11(6-8)15-13(20)16-5-1-2-9(17)7-16/h3-4,6,9,17H,1-2,5,7H2,(H,15,20)(H,18,19). The molecule has 1 heterocycles. The van der Waals surface area contributed by atoms with Crippen LogP contribution in [0.2, 0.25) is 0 Å². The molecule has 1 fully saturated rings. The Balaban J connectivity index is 2.14. The lowest BCUT2D eigenvalue weighted by atomic mass is 10.1. The molecule has 0 bridgehead atoms. The molecule has 1 aliphatic heterocycles. The van der Waals surface area contributed by atoms with E-state index in [9.17, 15) is 19.1 Å². The lowest BCUT2D eigenvalue weighted by molar-refractivity contribution is 0.0697. The summed E-state index contributed by atoms with van der Waals surface area (Å²) in [6, 6.07) is 2.53. The molecule has 0 spiro atoms. The number of hydrogen-bond donors (Lipinski definition) is 3. The molecule has 3 N–H and O–H groups in total. The van der Waals surface area contributed by atoms with Crippen LogP contribution in [0.4, 0.5) is 14.9 Å². The molecule has 7 heteroatoms. The van der Waals surface area contributed by atoms with Gasteiger partial charge in [-0.1, -0.05) is 0 Å². The molecular formula is C13H15FN2O4. The minimum absolute atomic E-state index is 0.0948. The van der Waals surface area contributed by atoms with Crippen LogP contribution >= 0.6 is 0 Å². The highest BCUT2D eigenvalue weighted by atomic mass is 19.1. The van der Waals surface area contributed by atoms with Crippen LogP contribution < -0.4 is 5.32 Å². The number of β-amino-alcohol motifs (C(OH)–C–C–N with tert-alkyl or cyclic N) is 1. The van der Waals surface area contributed by atoms with Crippen LogP contribution in [-0.4, -0.2) is 46.3 Å². The number of anilines is 1. The van der Waals surface area contributed by atoms with Crippen molar-refractivity contribution in [2.75, 3.05) is 18.4 Å². The molecule has 0 radical (unpaired) electrons. The highest BCUT2D eigenvalue weighted by Gasteiger charge is 2.23. The van der Waals surface area contributed by atoms with Crippen molar-refractivity contribution >= 4 is 17.7 Å². The fraction of sp³-hybridized carbons (Fsp3) is 0.385. The van der Waals surface area contributed by atoms with Gasteiger partial charge in [0.25, 0.3) is 0 Å². The Hall–Kier alpha value is -2.15. The number of nitrogens with one attached hydrogen (secondary N) is 1. The van der Waals surface area contributed by atoms with E-state index in [1.54, 1.807) is 0 Å². The zero-order valence-corrected chi connectivity index (χ0v) is 10.7. The average molecular weight is 282 g/mol. The van der Waals surface area contributed by atoms with Crippen LogP contribution in [0.3, 0.4) is 0 Å². The van der Waals surface area contributed by atoms with Gasteiger partial charge in [-0.25, -0.2) is 14.0 Å². The third-order valence-corrected chi connectivity index (χ3v) is 3.14. The predicted octanol–water partition coefficient (Wildman–Crippen LogP) is 1.51. The maximum absolute atomic E-state index is 13.2. The first kappa shape index (κ1) is 14.3. The fourth-order valence-corrected chi connectivity index (χ4v) is 2.14. The molecule has 1 unspecified atom stereocenters. The Bertz CT molecular complexity index is 535. The van der Waals surface area contributed by atoms with Crippen molar-refractivity contribution in [2.45, 2.75) is 18.9 Å². The van der Waals surface area contributed by atoms with Crippen molar-refractivity contribution in [1.82, 2.24) is 4.90 Å². The van der Waals surface area contributed by atoms with Gasteiger partial charge >= 0.3 is 12.0 Å². The lowest BCUT2D eigenvalue weighted by Gasteiger charge is -2.30. The number of benzene rings is 1. The van der Waals surface area contributed by atoms with E-state index in [0.29, 0.717) is 19.4 Å². The normalized spacial score (nSPS) is 18.7. The van der Waals surface area contributed by atoms with Gasteiger partial charge in [0.05, 0.1) is 17.4 Å². The second-order valence-corrected chi connectivity index (χ2v) is 4.67. The van der Waals surface area contributed by atoms with Crippen LogP contribution in [0.5, 0.6) is 0 Å². The van der Waals surface area contributed by atoms with Crippen LogP contribution in [0, 0.1) is 5.82 Å². The molecule has 1 saturated heterocycles. The smallest absolute Gasteiger partial charge is 0.337 e. The highest BCUT2D eigenvalue weighted by molar-refractivity contribution is 6.00. The van der Waals surface area contributed by atoms with Crippen molar-refractivity contribution in [2.24, 2.45) is 0 Å². The van der Waals surface area contributed by atoms with Crippen LogP contribution in [0.1, 0.15) is 23.2 Å². The topological polar surface area (TPSA) is 89.9 Å². The predicted molar refractivity (Wildman–Crippen MR) is 69.2 cm³/mol. The molecule has 0 saturated carbocycles. The largest absolute Gasteiger partial charge is 0.478 e. The summed E-state index contributed by atoms with van der Waals surface area (Å²) in [6.07, 6.45) is 0.717. The van der Waals surface area contributed by atoms with E-state index in [4.69, 9.17) is 5.11 Å². The summed E-state index contributed by atoms with van der Waals surface area (Å²) in [5.41, 5.74) is -0.278. The van der Waals surface area contributed by atoms with Gasteiger partial charge in [-0.3, -0.25) is 0 Å². The molecule has 1 aromatic carbocycles. The molecule has 2 amide bonds. The summed E-state index contributed by atoms with van der Waals surface area (Å²) in [4.78, 5) is 24.4. The summed E-state index contributed by atoms with van der Waals surface area (Å²) in [5.74, 6) is -1.89. The SMILES string of the molecule is O=C(O)c1ccc(F)cc1NC(=O)N1CCCC(O)C1. The Morgan fingerprint density at radius 1 is 1.40 bits per heavy atom. The average Bonchev–Trinajstić information content (AvgIpc) is 2.38. The van der Waals surface area contributed by atoms with E-state index in [1.165, 1.54) is 4.90 Å². The van der Waals surface area contributed by atoms with Gasteiger partial charge in [0.2, 0.25) is 0 Å². The number of nitrogens with zero attached hydrogens (tertiary/aromatic N) is 1. The second-order valence-electron chi connectivity index (χ2n) is 4.67. The second kappa shape index (κ2) is 5.87. The fourth-order valence-electron chi connectivity index (χ4n) is 2.14. The summed E-state index contributed by atoms with van der Waals surface area (Å²) in [5, 5.41) is 20.9. The molecule has 1 aromatic rings. The number of aromatic carboxylic acids is 1. The summed E-state index contributed by atoms with van der Waals surface area (Å²) in [6.45, 7) is 0.657. The number of carboxylic acids is 1. The molecule has 108 valence electrons. The van der Waals surface area contributed by atoms with E-state index < -0.39 is 23.9 Å². The Kier molecular flexibility index (Phi) is 4.19. The van der Waals surface area contributed by atoms with Gasteiger partial charge < -0.3 is 20.4 Å². The van der Waals surface area contributed by atoms with Crippen molar-refractivity contribution in [3.63, 3.8) is 0 Å². The number of aliphatic hydroxyl groups excluding tert-OH is 1. The van der Waals surface area contributed by atoms with E-state index in [0.717, 1.165) is 18.2 Å². The van der Waals surface area contributed by atoms with E-state index in [1.807, 2.05) is 0 Å². The maximum atomic E-state index is 13.2. The Morgan fingerprint density at radius 3 is 2.80 bits per heavy atom. The summed E-state index contributed by atoms with van der Waals surface area (Å²) < 4.78 is 13.2. The van der Waals surface area contributed by atoms with Gasteiger partial charge in [0.15, 0.2) is 0 Å². The van der Waals surface area contributed by atoms with E-state index in [2.05, 4.69) is 5.32 Å². The van der Waals surface area contributed by atoms with Crippen molar-refractivity contribution in [3.05, 3.63) is 29.6 Å². The maximum Gasteiger partial charge on any atom is 0.337 e. The number of carbonyl (C=O) groups excluding carboxylic acids is 1. The molecule has 1 aliphatic rings. The lowest BCUT2D eigenvalue weighted by Crippen LogP contribution is -2.44. The van der Waals surface area contributed by atoms with Crippen LogP contribution in [0.25, 0.3) is 0 Å². The van der Waals surface area contributed by atoms with E-state index >= 15 is 0 Å².